The molecule has 0 bridgehead atoms. The second kappa shape index (κ2) is 7.76. The summed E-state index contributed by atoms with van der Waals surface area (Å²) in [6.07, 6.45) is 0.0946. The molecule has 7 nitrogen and oxygen atoms in total. The van der Waals surface area contributed by atoms with Gasteiger partial charge in [-0.1, -0.05) is 17.7 Å². The summed E-state index contributed by atoms with van der Waals surface area (Å²) in [7, 11) is 1.27. The first kappa shape index (κ1) is 19.7. The molecule has 0 unspecified atom stereocenters. The normalized spacial score (nSPS) is 11.1. The number of nitrogens with zero attached hydrogens (tertiary/aromatic N) is 1. The summed E-state index contributed by atoms with van der Waals surface area (Å²) in [5.74, 6) is 0.334. The highest BCUT2D eigenvalue weighted by molar-refractivity contribution is 7.89. The van der Waals surface area contributed by atoms with Crippen molar-refractivity contribution < 1.29 is 17.9 Å². The van der Waals surface area contributed by atoms with E-state index in [0.717, 1.165) is 11.1 Å². The Kier molecular flexibility index (Phi) is 5.89. The molecule has 2 rings (SSSR count). The average molecular weight is 377 g/mol. The Balaban J connectivity index is 2.32. The number of nitrogens with two attached hydrogens (primary N) is 1. The number of primary sulfonamides is 1. The van der Waals surface area contributed by atoms with Crippen molar-refractivity contribution in [3.05, 3.63) is 47.5 Å². The van der Waals surface area contributed by atoms with Gasteiger partial charge >= 0.3 is 0 Å². The number of anilines is 2. The maximum absolute atomic E-state index is 12.5. The van der Waals surface area contributed by atoms with Gasteiger partial charge in [0.25, 0.3) is 0 Å². The number of hydrogen-bond donors (Lipinski definition) is 2. The summed E-state index contributed by atoms with van der Waals surface area (Å²) in [4.78, 5) is 14.2. The molecule has 0 spiro atoms. The largest absolute Gasteiger partial charge is 0.496 e. The van der Waals surface area contributed by atoms with E-state index < -0.39 is 10.0 Å². The van der Waals surface area contributed by atoms with E-state index in [4.69, 9.17) is 9.88 Å². The highest BCUT2D eigenvalue weighted by atomic mass is 32.2. The highest BCUT2D eigenvalue weighted by Crippen LogP contribution is 2.28. The SMILES string of the molecule is COc1ccc(C)cc1CC(=O)Nc1cc(S(N)(=O)=O)ccc1N(C)C. The standard InChI is InChI=1S/C18H23N3O4S/c1-12-5-8-17(25-4)13(9-12)10-18(22)20-15-11-14(26(19,23)24)6-7-16(15)21(2)3/h5-9,11H,10H2,1-4H3,(H,20,22)(H2,19,23,24). The second-order valence-corrected chi connectivity index (χ2v) is 7.72. The Morgan fingerprint density at radius 1 is 1.19 bits per heavy atom. The van der Waals surface area contributed by atoms with Crippen LogP contribution in [-0.4, -0.2) is 35.5 Å². The van der Waals surface area contributed by atoms with E-state index in [2.05, 4.69) is 5.32 Å². The van der Waals surface area contributed by atoms with Crippen LogP contribution in [0.25, 0.3) is 0 Å². The predicted molar refractivity (Wildman–Crippen MR) is 102 cm³/mol. The van der Waals surface area contributed by atoms with Gasteiger partial charge in [-0.2, -0.15) is 0 Å². The van der Waals surface area contributed by atoms with Crippen LogP contribution in [0, 0.1) is 6.92 Å². The third-order valence-corrected chi connectivity index (χ3v) is 4.75. The molecule has 0 aromatic heterocycles. The molecular formula is C18H23N3O4S. The van der Waals surface area contributed by atoms with Crippen molar-refractivity contribution >= 4 is 27.3 Å². The van der Waals surface area contributed by atoms with Crippen molar-refractivity contribution in [3.8, 4) is 5.75 Å². The minimum absolute atomic E-state index is 0.0634. The Bertz CT molecular complexity index is 924. The zero-order valence-corrected chi connectivity index (χ0v) is 16.1. The molecule has 0 radical (unpaired) electrons. The molecule has 2 aromatic rings. The van der Waals surface area contributed by atoms with E-state index in [0.29, 0.717) is 17.1 Å². The van der Waals surface area contributed by atoms with Crippen LogP contribution >= 0.6 is 0 Å². The third-order valence-electron chi connectivity index (χ3n) is 3.84. The first-order chi connectivity index (χ1) is 12.1. The maximum Gasteiger partial charge on any atom is 0.238 e. The molecule has 0 aliphatic rings. The van der Waals surface area contributed by atoms with Crippen LogP contribution in [0.2, 0.25) is 0 Å². The zero-order chi connectivity index (χ0) is 19.5. The van der Waals surface area contributed by atoms with Crippen molar-refractivity contribution in [3.63, 3.8) is 0 Å². The Morgan fingerprint density at radius 2 is 1.88 bits per heavy atom. The van der Waals surface area contributed by atoms with Crippen LogP contribution in [0.3, 0.4) is 0 Å². The third kappa shape index (κ3) is 4.74. The molecule has 1 amide bonds. The Hall–Kier alpha value is -2.58. The van der Waals surface area contributed by atoms with E-state index in [-0.39, 0.29) is 17.2 Å². The lowest BCUT2D eigenvalue weighted by molar-refractivity contribution is -0.115. The fraction of sp³-hybridized carbons (Fsp3) is 0.278. The Labute approximate surface area is 153 Å². The first-order valence-corrected chi connectivity index (χ1v) is 9.44. The predicted octanol–water partition coefficient (Wildman–Crippen LogP) is 1.90. The number of amides is 1. The van der Waals surface area contributed by atoms with Crippen molar-refractivity contribution in [2.24, 2.45) is 5.14 Å². The summed E-state index contributed by atoms with van der Waals surface area (Å²) < 4.78 is 28.5. The molecular weight excluding hydrogens is 354 g/mol. The molecule has 8 heteroatoms. The summed E-state index contributed by atoms with van der Waals surface area (Å²) in [5, 5.41) is 7.96. The number of carbonyl (C=O) groups is 1. The van der Waals surface area contributed by atoms with Crippen LogP contribution in [-0.2, 0) is 21.2 Å². The number of benzene rings is 2. The van der Waals surface area contributed by atoms with Crippen LogP contribution in [0.4, 0.5) is 11.4 Å². The van der Waals surface area contributed by atoms with Gasteiger partial charge in [-0.05, 0) is 31.2 Å². The van der Waals surface area contributed by atoms with E-state index >= 15 is 0 Å². The van der Waals surface area contributed by atoms with Crippen LogP contribution in [0.5, 0.6) is 5.75 Å². The van der Waals surface area contributed by atoms with Crippen molar-refractivity contribution in [2.75, 3.05) is 31.4 Å². The van der Waals surface area contributed by atoms with Gasteiger partial charge in [0.15, 0.2) is 0 Å². The first-order valence-electron chi connectivity index (χ1n) is 7.89. The van der Waals surface area contributed by atoms with Gasteiger partial charge in [0.2, 0.25) is 15.9 Å². The molecule has 0 saturated carbocycles. The Morgan fingerprint density at radius 3 is 2.46 bits per heavy atom. The van der Waals surface area contributed by atoms with Crippen LogP contribution in [0.15, 0.2) is 41.3 Å². The van der Waals surface area contributed by atoms with Crippen molar-refractivity contribution in [1.82, 2.24) is 0 Å². The fourth-order valence-electron chi connectivity index (χ4n) is 2.60. The molecule has 0 atom stereocenters. The van der Waals surface area contributed by atoms with Gasteiger partial charge in [-0.15, -0.1) is 0 Å². The minimum Gasteiger partial charge on any atom is -0.496 e. The van der Waals surface area contributed by atoms with Gasteiger partial charge in [0.05, 0.1) is 29.8 Å². The number of rotatable bonds is 6. The summed E-state index contributed by atoms with van der Waals surface area (Å²) in [5.41, 5.74) is 2.80. The smallest absolute Gasteiger partial charge is 0.238 e. The number of carbonyl (C=O) groups excluding carboxylic acids is 1. The highest BCUT2D eigenvalue weighted by Gasteiger charge is 2.16. The van der Waals surface area contributed by atoms with Gasteiger partial charge in [0, 0.05) is 19.7 Å². The van der Waals surface area contributed by atoms with Crippen LogP contribution < -0.4 is 20.1 Å². The zero-order valence-electron chi connectivity index (χ0n) is 15.2. The summed E-state index contributed by atoms with van der Waals surface area (Å²) in [6.45, 7) is 1.93. The molecule has 3 N–H and O–H groups in total. The number of aryl methyl sites for hydroxylation is 1. The number of methoxy groups -OCH3 is 1. The van der Waals surface area contributed by atoms with Crippen molar-refractivity contribution in [2.45, 2.75) is 18.2 Å². The van der Waals surface area contributed by atoms with E-state index in [1.165, 1.54) is 12.1 Å². The fourth-order valence-corrected chi connectivity index (χ4v) is 3.13. The summed E-state index contributed by atoms with van der Waals surface area (Å²) in [6, 6.07) is 9.96. The number of sulfonamides is 1. The van der Waals surface area contributed by atoms with Crippen molar-refractivity contribution in [1.29, 1.82) is 0 Å². The molecule has 0 heterocycles. The van der Waals surface area contributed by atoms with Gasteiger partial charge < -0.3 is 15.0 Å². The molecule has 140 valence electrons. The van der Waals surface area contributed by atoms with Gasteiger partial charge in [-0.3, -0.25) is 4.79 Å². The number of hydrogen-bond acceptors (Lipinski definition) is 5. The topological polar surface area (TPSA) is 102 Å². The van der Waals surface area contributed by atoms with Crippen LogP contribution in [0.1, 0.15) is 11.1 Å². The average Bonchev–Trinajstić information content (AvgIpc) is 2.53. The lowest BCUT2D eigenvalue weighted by atomic mass is 10.1. The monoisotopic (exact) mass is 377 g/mol. The number of ether oxygens (including phenoxy) is 1. The lowest BCUT2D eigenvalue weighted by Gasteiger charge is -2.19. The van der Waals surface area contributed by atoms with E-state index in [1.807, 2.05) is 25.1 Å². The molecule has 0 aliphatic carbocycles. The molecule has 0 fully saturated rings. The maximum atomic E-state index is 12.5. The second-order valence-electron chi connectivity index (χ2n) is 6.16. The van der Waals surface area contributed by atoms with E-state index in [1.54, 1.807) is 32.2 Å². The molecule has 2 aromatic carbocycles. The summed E-state index contributed by atoms with van der Waals surface area (Å²) >= 11 is 0. The molecule has 0 saturated heterocycles. The molecule has 26 heavy (non-hydrogen) atoms. The van der Waals surface area contributed by atoms with E-state index in [9.17, 15) is 13.2 Å². The minimum atomic E-state index is -3.87. The van der Waals surface area contributed by atoms with Gasteiger partial charge in [-0.25, -0.2) is 13.6 Å². The quantitative estimate of drug-likeness (QED) is 0.800. The lowest BCUT2D eigenvalue weighted by Crippen LogP contribution is -2.20. The number of nitrogens with one attached hydrogen (secondary N) is 1. The molecule has 0 aliphatic heterocycles. The van der Waals surface area contributed by atoms with Gasteiger partial charge in [0.1, 0.15) is 5.75 Å².